The molecule has 1 aromatic rings. The van der Waals surface area contributed by atoms with Gasteiger partial charge in [-0.15, -0.1) is 12.4 Å². The molecule has 12 fully saturated rings. The average Bonchev–Trinajstić information content (AvgIpc) is 1.49. The standard InChI is InChI=1S/C22H33NO2.C22H34O3.C21H34O2.C3H6O2.2CH4.ClH.H3NO.8H2/c1-21(24)10-7-15-14(13-21)3-4-17-16(15)8-11-22(2)18(17)5-6-19(22)20-9-12-23-25-20;1-21(25)10-7-15-14(13-21)3-4-17-16(15)8-11-22(2)18(17)5-6-19(22)20(24)9-12-23;1-13(22)18-6-7-19-17-5-4-14-12-20(2,23)10-8-15(14)16(17)9-11-21(18,19)3;1-2-5-3-4;;;;1-2;;;;;;;;/h9,12,14-19,24H,3-8,10-11,13H2,1-2H3;12,14-19,25H,3-11,13H2,1-2H3;14-19,23H,4-12H2,1-3H3;3H,2H2,1H3;2*1H4;1H;2H,1H2;8*1H/t2*14-,15+,16-,17-,18+,19-,21-,22+;14-,15+,16-,17-,18-,19+,20-,21-;;;;;;;;;;;;;/m111............./s1/i;;;;;;;;7*1+1D;1+1. The molecule has 12 saturated carbocycles. The third-order valence-electron chi connectivity index (χ3n) is 26.9. The fourth-order valence-corrected chi connectivity index (χ4v) is 23.6. The normalized spacial score (nSPS) is 48.0. The van der Waals surface area contributed by atoms with Crippen molar-refractivity contribution >= 4 is 36.7 Å². The number of carbonyl (C=O) groups is 4. The second-order valence-electron chi connectivity index (χ2n) is 31.0. The number of nitrogens with two attached hydrogens (primary N) is 1. The highest BCUT2D eigenvalue weighted by Crippen LogP contribution is 2.69. The molecule has 0 amide bonds. The number of halogens is 1. The number of aliphatic hydroxyl groups is 3. The van der Waals surface area contributed by atoms with Crippen molar-refractivity contribution in [2.45, 2.75) is 273 Å². The van der Waals surface area contributed by atoms with E-state index in [0.29, 0.717) is 53.4 Å². The van der Waals surface area contributed by atoms with Crippen molar-refractivity contribution in [2.24, 2.45) is 123 Å². The van der Waals surface area contributed by atoms with E-state index in [1.165, 1.54) is 116 Å². The van der Waals surface area contributed by atoms with Gasteiger partial charge in [0.2, 0.25) is 0 Å². The number of nitrogens with zero attached hydrogens (tertiary/aromatic N) is 1. The first-order chi connectivity index (χ1) is 45.1. The molecule has 83 heavy (non-hydrogen) atoms. The minimum Gasteiger partial charge on any atom is -0.468 e. The number of ether oxygens (including phenoxy) is 1. The maximum Gasteiger partial charge on any atom is 0.293 e. The third-order valence-corrected chi connectivity index (χ3v) is 26.9. The maximum absolute atomic E-state index is 12.5. The van der Waals surface area contributed by atoms with Gasteiger partial charge in [0.1, 0.15) is 23.6 Å². The van der Waals surface area contributed by atoms with Gasteiger partial charge in [0.05, 0.1) is 36.0 Å². The van der Waals surface area contributed by atoms with Crippen molar-refractivity contribution in [3.05, 3.63) is 18.0 Å². The van der Waals surface area contributed by atoms with Crippen LogP contribution in [0.2, 0.25) is 0 Å². The molecule has 12 aliphatic rings. The molecule has 0 unspecified atom stereocenters. The fraction of sp³-hybridized carbons (Fsp3) is 0.900. The number of Topliss-reactive ketones (excluding diaryl/α,β-unsaturated/α-hetero) is 2. The van der Waals surface area contributed by atoms with Gasteiger partial charge in [0.25, 0.3) is 6.47 Å². The highest BCUT2D eigenvalue weighted by Gasteiger charge is 2.62. The zero-order valence-electron chi connectivity index (χ0n) is 65.4. The summed E-state index contributed by atoms with van der Waals surface area (Å²) in [7, 11) is 0. The van der Waals surface area contributed by atoms with Crippen molar-refractivity contribution in [3.63, 3.8) is 0 Å². The number of carbonyl (C=O) groups excluding carboxylic acids is 4. The number of hydrogen-bond acceptors (Lipinski definition) is 12. The lowest BCUT2D eigenvalue weighted by Crippen LogP contribution is -2.51. The minimum atomic E-state index is -0.448. The molecule has 0 bridgehead atoms. The maximum atomic E-state index is 12.5. The van der Waals surface area contributed by atoms with Crippen LogP contribution in [0.25, 0.3) is 0 Å². The molecule has 12 aliphatic carbocycles. The molecule has 12 nitrogen and oxygen atoms in total. The molecule has 1 aromatic heterocycles. The van der Waals surface area contributed by atoms with Gasteiger partial charge in [0.15, 0.2) is 0 Å². The van der Waals surface area contributed by atoms with E-state index in [-0.39, 0.29) is 52.2 Å². The van der Waals surface area contributed by atoms with Crippen LogP contribution >= 0.6 is 12.4 Å². The van der Waals surface area contributed by atoms with E-state index >= 15 is 0 Å². The molecule has 0 saturated heterocycles. The van der Waals surface area contributed by atoms with Crippen LogP contribution in [0, 0.1) is 117 Å². The van der Waals surface area contributed by atoms with Crippen LogP contribution in [0.15, 0.2) is 16.8 Å². The average molecular weight is 1220 g/mol. The Morgan fingerprint density at radius 2 is 0.964 bits per heavy atom. The van der Waals surface area contributed by atoms with Gasteiger partial charge < -0.3 is 34.6 Å². The number of rotatable bonds is 7. The molecular weight excluding hydrogens is 1060 g/mol. The van der Waals surface area contributed by atoms with Crippen molar-refractivity contribution in [2.75, 3.05) is 6.61 Å². The first-order valence-electron chi connectivity index (χ1n) is 39.9. The highest BCUT2D eigenvalue weighted by molar-refractivity contribution is 5.92. The van der Waals surface area contributed by atoms with E-state index in [1.54, 1.807) is 6.92 Å². The van der Waals surface area contributed by atoms with E-state index in [1.807, 2.05) is 27.0 Å². The largest absolute Gasteiger partial charge is 0.468 e. The Hall–Kier alpha value is -2.22. The first-order valence-corrected chi connectivity index (χ1v) is 32.9. The predicted octanol–water partition coefficient (Wildman–Crippen LogP) is 17.1. The number of hydrogen-bond donors (Lipinski definition) is 5. The fourth-order valence-electron chi connectivity index (χ4n) is 23.6. The lowest BCUT2D eigenvalue weighted by atomic mass is 9.49. The Morgan fingerprint density at radius 1 is 0.578 bits per heavy atom. The highest BCUT2D eigenvalue weighted by atomic mass is 35.5. The summed E-state index contributed by atoms with van der Waals surface area (Å²) in [5.41, 5.74) is -0.426. The quantitative estimate of drug-likeness (QED) is 0.0981. The number of aromatic nitrogens is 1. The first kappa shape index (κ1) is 59.7. The van der Waals surface area contributed by atoms with Crippen molar-refractivity contribution in [1.29, 1.82) is 0 Å². The summed E-state index contributed by atoms with van der Waals surface area (Å²) >= 11 is 0. The van der Waals surface area contributed by atoms with Crippen LogP contribution in [0.4, 0.5) is 0 Å². The van der Waals surface area contributed by atoms with Crippen LogP contribution in [-0.4, -0.2) is 73.4 Å². The number of aldehydes is 1. The second kappa shape index (κ2) is 28.1. The lowest BCUT2D eigenvalue weighted by Gasteiger charge is -2.56. The minimum absolute atomic E-state index is 0. The molecule has 0 aromatic carbocycles. The van der Waals surface area contributed by atoms with Crippen LogP contribution in [0.3, 0.4) is 0 Å². The van der Waals surface area contributed by atoms with Gasteiger partial charge in [-0.2, -0.15) is 0 Å². The van der Waals surface area contributed by atoms with Crippen LogP contribution in [0.1, 0.15) is 284 Å². The monoisotopic (exact) mass is 1210 g/mol. The summed E-state index contributed by atoms with van der Waals surface area (Å²) in [5, 5.41) is 42.0. The van der Waals surface area contributed by atoms with Gasteiger partial charge in [-0.3, -0.25) is 14.4 Å². The van der Waals surface area contributed by atoms with Crippen molar-refractivity contribution in [1.82, 2.24) is 5.16 Å². The Bertz CT molecular complexity index is 2320. The summed E-state index contributed by atoms with van der Waals surface area (Å²) in [5.74, 6) is 18.6. The Morgan fingerprint density at radius 3 is 1.34 bits per heavy atom. The zero-order chi connectivity index (χ0) is 71.6. The van der Waals surface area contributed by atoms with Crippen LogP contribution in [-0.2, 0) is 23.9 Å². The molecule has 24 atom stereocenters. The van der Waals surface area contributed by atoms with Gasteiger partial charge in [-0.1, -0.05) is 40.8 Å². The van der Waals surface area contributed by atoms with Gasteiger partial charge in [-0.05, 0) is 313 Å². The van der Waals surface area contributed by atoms with E-state index in [0.717, 1.165) is 147 Å². The van der Waals surface area contributed by atoms with E-state index in [4.69, 9.17) is 30.5 Å². The van der Waals surface area contributed by atoms with Crippen LogP contribution < -0.4 is 5.90 Å². The SMILES string of the molecule is C.C.CC(=O)[C@H]1CC[C@H]2[C@@H]3CC[C@@H]4C[C@](C)(O)CC[C@@H]4[C@H]3CC[C@]12C.CCOC=O.C[C@@]1(O)CC[C@H]2[C@H](CC[C@@H]3[C@@H]2CC[C@]2(C)[C@@H](C(=O)CC=O)CC[C@@H]32)C1.C[C@@]1(O)CC[C@H]2[C@H](CC[C@@H]3[C@@H]2CC[C@]2(C)[C@@H](c4ccno4)CC[C@@H]32)C1.Cl.NO.[2HH].[2H][2H].[2H][2H].[2H][2H].[2H][2H].[2H][2H].[2H][2H].[2H][2H]. The van der Waals surface area contributed by atoms with E-state index in [2.05, 4.69) is 49.6 Å². The Labute approximate surface area is 531 Å². The van der Waals surface area contributed by atoms with Crippen LogP contribution in [0.5, 0.6) is 0 Å². The third kappa shape index (κ3) is 13.8. The number of fused-ring (bicyclic) bond motifs is 15. The molecule has 0 aliphatic heterocycles. The zero-order valence-corrected chi connectivity index (χ0v) is 52.2. The molecular formula is C70H135ClN2O10. The van der Waals surface area contributed by atoms with E-state index in [9.17, 15) is 34.5 Å². The summed E-state index contributed by atoms with van der Waals surface area (Å²) < 4.78 is 79.8. The molecule has 13 heteroatoms. The number of ketones is 2. The Balaban J connectivity index is -0.00000119. The molecule has 0 spiro atoms. The van der Waals surface area contributed by atoms with E-state index < -0.39 is 16.8 Å². The summed E-state index contributed by atoms with van der Waals surface area (Å²) in [4.78, 5) is 44.7. The molecule has 0 radical (unpaired) electrons. The lowest BCUT2D eigenvalue weighted by molar-refractivity contribution is -0.134. The summed E-state index contributed by atoms with van der Waals surface area (Å²) in [6.07, 6.45) is 35.4. The molecule has 1 heterocycles. The van der Waals surface area contributed by atoms with Crippen molar-refractivity contribution in [3.8, 4) is 0 Å². The topological polar surface area (TPSA) is 210 Å². The predicted molar refractivity (Wildman–Crippen MR) is 347 cm³/mol. The summed E-state index contributed by atoms with van der Waals surface area (Å²) in [6.45, 7) is 18.0. The van der Waals surface area contributed by atoms with Crippen molar-refractivity contribution < 1.29 is 71.2 Å². The molecule has 492 valence electrons. The van der Waals surface area contributed by atoms with Gasteiger partial charge in [0, 0.05) is 46.0 Å². The molecule has 13 rings (SSSR count). The second-order valence-corrected chi connectivity index (χ2v) is 31.0. The van der Waals surface area contributed by atoms with Gasteiger partial charge in [-0.25, -0.2) is 5.90 Å². The Kier molecular flexibility index (Phi) is 20.2. The smallest absolute Gasteiger partial charge is 0.293 e. The molecule has 6 N–H and O–H groups in total. The van der Waals surface area contributed by atoms with Gasteiger partial charge >= 0.3 is 0 Å². The summed E-state index contributed by atoms with van der Waals surface area (Å²) in [6, 6.07) is 2.10.